The third kappa shape index (κ3) is 4.01. The molecule has 1 aliphatic heterocycles. The number of benzene rings is 1. The quantitative estimate of drug-likeness (QED) is 0.348. The maximum atomic E-state index is 4.56. The van der Waals surface area contributed by atoms with E-state index in [9.17, 15) is 0 Å². The summed E-state index contributed by atoms with van der Waals surface area (Å²) in [4.78, 5) is 6.30. The lowest BCUT2D eigenvalue weighted by Crippen LogP contribution is -2.32. The first-order chi connectivity index (χ1) is 17.4. The Hall–Kier alpha value is -3.45. The van der Waals surface area contributed by atoms with Crippen molar-refractivity contribution in [2.75, 3.05) is 13.1 Å². The van der Waals surface area contributed by atoms with Gasteiger partial charge >= 0.3 is 0 Å². The number of pyridine rings is 1. The fraction of sp³-hybridized carbons (Fsp3) is 0.414. The molecule has 1 fully saturated rings. The van der Waals surface area contributed by atoms with Crippen LogP contribution in [0.25, 0.3) is 27.8 Å². The first-order valence-corrected chi connectivity index (χ1v) is 13.1. The molecule has 1 aromatic carbocycles. The summed E-state index contributed by atoms with van der Waals surface area (Å²) < 4.78 is 3.99. The van der Waals surface area contributed by atoms with Crippen molar-refractivity contribution in [3.8, 4) is 11.3 Å². The van der Waals surface area contributed by atoms with Crippen molar-refractivity contribution in [3.63, 3.8) is 0 Å². The van der Waals surface area contributed by atoms with Crippen LogP contribution in [0.3, 0.4) is 0 Å². The molecule has 6 rings (SSSR count). The van der Waals surface area contributed by atoms with E-state index in [-0.39, 0.29) is 0 Å². The number of aromatic amines is 1. The molecule has 5 aromatic rings. The number of hydrogen-bond acceptors (Lipinski definition) is 4. The number of H-pyrrole nitrogens is 1. The van der Waals surface area contributed by atoms with Gasteiger partial charge in [0.15, 0.2) is 5.65 Å². The molecule has 1 aliphatic rings. The van der Waals surface area contributed by atoms with E-state index in [0.717, 1.165) is 42.4 Å². The second-order valence-electron chi connectivity index (χ2n) is 10.8. The van der Waals surface area contributed by atoms with Crippen molar-refractivity contribution < 1.29 is 0 Å². The first kappa shape index (κ1) is 23.0. The minimum absolute atomic E-state index is 0.405. The minimum Gasteiger partial charge on any atom is -0.354 e. The van der Waals surface area contributed by atoms with Crippen molar-refractivity contribution >= 4 is 16.6 Å². The van der Waals surface area contributed by atoms with Crippen LogP contribution in [0, 0.1) is 13.8 Å². The van der Waals surface area contributed by atoms with Crippen LogP contribution in [-0.2, 0) is 13.6 Å². The average Bonchev–Trinajstić information content (AvgIpc) is 3.56. The maximum Gasteiger partial charge on any atom is 0.163 e. The molecule has 0 atom stereocenters. The monoisotopic (exact) mass is 481 g/mol. The highest BCUT2D eigenvalue weighted by molar-refractivity contribution is 5.92. The standard InChI is InChI=1S/C29H35N7/c1-18(2)27-25-15-22(21-8-12-35(13-9-21)17-24-10-11-34(5)33-24)6-7-26(25)30-28(27)23-14-19(3)29-32-31-20(4)36(29)16-23/h6-7,10-11,14-16,18,21,30H,8-9,12-13,17H2,1-5H3. The van der Waals surface area contributed by atoms with Gasteiger partial charge in [-0.3, -0.25) is 14.0 Å². The van der Waals surface area contributed by atoms with Crippen molar-refractivity contribution in [1.82, 2.24) is 34.3 Å². The average molecular weight is 482 g/mol. The highest BCUT2D eigenvalue weighted by Gasteiger charge is 2.23. The maximum absolute atomic E-state index is 4.56. The summed E-state index contributed by atoms with van der Waals surface area (Å²) in [6.07, 6.45) is 6.58. The lowest BCUT2D eigenvalue weighted by Gasteiger charge is -2.31. The zero-order valence-electron chi connectivity index (χ0n) is 21.9. The third-order valence-corrected chi connectivity index (χ3v) is 7.80. The lowest BCUT2D eigenvalue weighted by molar-refractivity contribution is 0.202. The molecule has 0 bridgehead atoms. The van der Waals surface area contributed by atoms with Crippen LogP contribution >= 0.6 is 0 Å². The van der Waals surface area contributed by atoms with E-state index in [4.69, 9.17) is 0 Å². The fourth-order valence-corrected chi connectivity index (χ4v) is 5.92. The number of nitrogens with one attached hydrogen (secondary N) is 1. The number of aryl methyl sites for hydroxylation is 3. The van der Waals surface area contributed by atoms with Gasteiger partial charge in [-0.1, -0.05) is 19.9 Å². The summed E-state index contributed by atoms with van der Waals surface area (Å²) >= 11 is 0. The first-order valence-electron chi connectivity index (χ1n) is 13.1. The van der Waals surface area contributed by atoms with Gasteiger partial charge in [-0.05, 0) is 92.6 Å². The van der Waals surface area contributed by atoms with E-state index < -0.39 is 0 Å². The van der Waals surface area contributed by atoms with Gasteiger partial charge in [0.2, 0.25) is 0 Å². The zero-order valence-corrected chi connectivity index (χ0v) is 21.9. The molecule has 7 heteroatoms. The van der Waals surface area contributed by atoms with Gasteiger partial charge in [0, 0.05) is 42.5 Å². The van der Waals surface area contributed by atoms with Gasteiger partial charge in [0.05, 0.1) is 11.4 Å². The number of nitrogens with zero attached hydrogens (tertiary/aromatic N) is 6. The topological polar surface area (TPSA) is 67.0 Å². The molecule has 4 aromatic heterocycles. The summed E-state index contributed by atoms with van der Waals surface area (Å²) in [7, 11) is 1.99. The molecule has 36 heavy (non-hydrogen) atoms. The van der Waals surface area contributed by atoms with E-state index in [1.54, 1.807) is 0 Å². The van der Waals surface area contributed by atoms with E-state index >= 15 is 0 Å². The van der Waals surface area contributed by atoms with Gasteiger partial charge in [-0.25, -0.2) is 0 Å². The summed E-state index contributed by atoms with van der Waals surface area (Å²) in [5.41, 5.74) is 9.69. The fourth-order valence-electron chi connectivity index (χ4n) is 5.92. The van der Waals surface area contributed by atoms with Crippen LogP contribution in [0.5, 0.6) is 0 Å². The third-order valence-electron chi connectivity index (χ3n) is 7.80. The molecule has 0 saturated carbocycles. The molecule has 7 nitrogen and oxygen atoms in total. The molecule has 1 saturated heterocycles. The Morgan fingerprint density at radius 2 is 1.86 bits per heavy atom. The smallest absolute Gasteiger partial charge is 0.163 e. The highest BCUT2D eigenvalue weighted by Crippen LogP contribution is 2.38. The minimum atomic E-state index is 0.405. The molecule has 1 N–H and O–H groups in total. The molecule has 0 unspecified atom stereocenters. The number of rotatable bonds is 5. The van der Waals surface area contributed by atoms with E-state index in [2.05, 4.69) is 86.9 Å². The molecule has 0 spiro atoms. The van der Waals surface area contributed by atoms with Crippen molar-refractivity contribution in [2.24, 2.45) is 7.05 Å². The largest absolute Gasteiger partial charge is 0.354 e. The summed E-state index contributed by atoms with van der Waals surface area (Å²) in [5.74, 6) is 1.92. The Labute approximate surface area is 212 Å². The Morgan fingerprint density at radius 3 is 2.58 bits per heavy atom. The van der Waals surface area contributed by atoms with E-state index in [1.165, 1.54) is 46.1 Å². The Morgan fingerprint density at radius 1 is 1.06 bits per heavy atom. The Bertz CT molecular complexity index is 1540. The summed E-state index contributed by atoms with van der Waals surface area (Å²) in [6, 6.07) is 11.4. The van der Waals surface area contributed by atoms with Crippen LogP contribution in [0.15, 0.2) is 42.7 Å². The molecule has 0 amide bonds. The predicted molar refractivity (Wildman–Crippen MR) is 144 cm³/mol. The van der Waals surface area contributed by atoms with Gasteiger partial charge in [-0.2, -0.15) is 5.10 Å². The zero-order chi connectivity index (χ0) is 25.0. The van der Waals surface area contributed by atoms with Crippen molar-refractivity contribution in [2.45, 2.75) is 58.9 Å². The Kier molecular flexibility index (Phi) is 5.67. The van der Waals surface area contributed by atoms with E-state index in [0.29, 0.717) is 11.8 Å². The number of fused-ring (bicyclic) bond motifs is 2. The lowest BCUT2D eigenvalue weighted by atomic mass is 9.87. The predicted octanol–water partition coefficient (Wildman–Crippen LogP) is 5.73. The molecule has 0 aliphatic carbocycles. The van der Waals surface area contributed by atoms with Crippen LogP contribution in [-0.4, -0.2) is 47.4 Å². The van der Waals surface area contributed by atoms with Crippen LogP contribution < -0.4 is 0 Å². The number of likely N-dealkylation sites (tertiary alicyclic amines) is 1. The molecule has 186 valence electrons. The van der Waals surface area contributed by atoms with Gasteiger partial charge in [0.25, 0.3) is 0 Å². The summed E-state index contributed by atoms with van der Waals surface area (Å²) in [6.45, 7) is 11.9. The summed E-state index contributed by atoms with van der Waals surface area (Å²) in [5, 5.41) is 14.5. The highest BCUT2D eigenvalue weighted by atomic mass is 15.3. The molecular formula is C29H35N7. The van der Waals surface area contributed by atoms with Crippen LogP contribution in [0.1, 0.15) is 66.7 Å². The number of hydrogen-bond donors (Lipinski definition) is 1. The van der Waals surface area contributed by atoms with Crippen molar-refractivity contribution in [1.29, 1.82) is 0 Å². The van der Waals surface area contributed by atoms with E-state index in [1.807, 2.05) is 24.9 Å². The Balaban J connectivity index is 1.30. The van der Waals surface area contributed by atoms with Gasteiger partial charge in [0.1, 0.15) is 5.82 Å². The second kappa shape index (κ2) is 8.89. The molecular weight excluding hydrogens is 446 g/mol. The van der Waals surface area contributed by atoms with Crippen LogP contribution in [0.2, 0.25) is 0 Å². The van der Waals surface area contributed by atoms with Crippen LogP contribution in [0.4, 0.5) is 0 Å². The van der Waals surface area contributed by atoms with Crippen molar-refractivity contribution in [3.05, 3.63) is 70.9 Å². The molecule has 5 heterocycles. The normalized spacial score (nSPS) is 15.6. The number of piperidine rings is 1. The second-order valence-corrected chi connectivity index (χ2v) is 10.8. The van der Waals surface area contributed by atoms with Gasteiger partial charge < -0.3 is 4.98 Å². The SMILES string of the molecule is Cc1cc(-c2[nH]c3ccc(C4CCN(Cc5ccn(C)n5)CC4)cc3c2C(C)C)cn2c(C)nnc12. The number of aromatic nitrogens is 6. The van der Waals surface area contributed by atoms with Gasteiger partial charge in [-0.15, -0.1) is 10.2 Å². The molecule has 0 radical (unpaired) electrons.